The first-order valence-electron chi connectivity index (χ1n) is 15.8. The number of aliphatic carboxylic acids is 2. The first-order chi connectivity index (χ1) is 25.1. The number of anilines is 2. The number of amides is 3. The lowest BCUT2D eigenvalue weighted by Crippen LogP contribution is -2.61. The number of benzene rings is 1. The molecule has 3 amide bonds. The zero-order valence-corrected chi connectivity index (χ0v) is 29.6. The van der Waals surface area contributed by atoms with Crippen LogP contribution < -0.4 is 32.6 Å². The Morgan fingerprint density at radius 2 is 1.60 bits per heavy atom. The van der Waals surface area contributed by atoms with E-state index in [1.165, 1.54) is 41.3 Å². The summed E-state index contributed by atoms with van der Waals surface area (Å²) in [6.45, 7) is 0.937. The molecule has 13 N–H and O–H groups in total. The maximum Gasteiger partial charge on any atom is 0.327 e. The zero-order chi connectivity index (χ0) is 39.2. The summed E-state index contributed by atoms with van der Waals surface area (Å²) in [6, 6.07) is 0.725. The van der Waals surface area contributed by atoms with E-state index in [4.69, 9.17) is 10.8 Å². The van der Waals surface area contributed by atoms with Crippen molar-refractivity contribution < 1.29 is 54.6 Å². The number of nitrogens with zero attached hydrogens (tertiary/aromatic N) is 3. The maximum atomic E-state index is 13.0. The normalized spacial score (nSPS) is 14.6. The van der Waals surface area contributed by atoms with E-state index in [2.05, 4.69) is 41.2 Å². The van der Waals surface area contributed by atoms with Crippen molar-refractivity contribution in [2.75, 3.05) is 29.2 Å². The average Bonchev–Trinajstić information content (AvgIpc) is 3.13. The molecule has 0 spiro atoms. The fraction of sp³-hybridized carbons (Fsp3) is 0.433. The van der Waals surface area contributed by atoms with E-state index >= 15 is 0 Å². The summed E-state index contributed by atoms with van der Waals surface area (Å²) in [5.41, 5.74) is 6.02. The smallest absolute Gasteiger partial charge is 0.327 e. The van der Waals surface area contributed by atoms with Gasteiger partial charge in [-0.15, -0.1) is 0 Å². The number of carbonyl (C=O) groups is 5. The molecule has 0 fully saturated rings. The monoisotopic (exact) mass is 781 g/mol. The minimum Gasteiger partial charge on any atom is -0.480 e. The predicted octanol–water partition coefficient (Wildman–Crippen LogP) is -2.60. The van der Waals surface area contributed by atoms with Gasteiger partial charge in [0, 0.05) is 29.2 Å². The second kappa shape index (κ2) is 20.2. The molecule has 2 heterocycles. The van der Waals surface area contributed by atoms with Crippen LogP contribution in [0.1, 0.15) is 35.8 Å². The van der Waals surface area contributed by atoms with Crippen molar-refractivity contribution in [3.05, 3.63) is 52.1 Å². The topological polar surface area (TPSA) is 352 Å². The number of H-pyrrole nitrogens is 1. The van der Waals surface area contributed by atoms with Gasteiger partial charge in [-0.3, -0.25) is 24.2 Å². The van der Waals surface area contributed by atoms with Crippen LogP contribution in [0.4, 0.5) is 11.6 Å². The Balaban J connectivity index is 1.62. The van der Waals surface area contributed by atoms with Crippen molar-refractivity contribution in [2.45, 2.75) is 62.7 Å². The number of fused-ring (bicyclic) bond motifs is 1. The summed E-state index contributed by atoms with van der Waals surface area (Å²) >= 11 is 0. The van der Waals surface area contributed by atoms with Gasteiger partial charge >= 0.3 is 11.9 Å². The van der Waals surface area contributed by atoms with Crippen molar-refractivity contribution >= 4 is 74.0 Å². The number of aliphatic hydroxyl groups excluding tert-OH is 4. The summed E-state index contributed by atoms with van der Waals surface area (Å²) in [5, 5.41) is 68.6. The van der Waals surface area contributed by atoms with Crippen LogP contribution >= 0.6 is 21.6 Å². The SMILES string of the molecule is CCSSC[C@H](NC(=O)[C@@H](NC(=O)CC[C@H](NC(=O)c1ccc(NCc2cnc3nc(N)[nH]c(=O)c3n2)cc1)C(=O)O)[C@@H](O)[C@H](O)[C@H](O)CO)C(=O)O. The lowest BCUT2D eigenvalue weighted by atomic mass is 9.99. The maximum absolute atomic E-state index is 13.0. The molecule has 0 unspecified atom stereocenters. The van der Waals surface area contributed by atoms with E-state index < -0.39 is 91.1 Å². The minimum atomic E-state index is -2.23. The molecular weight excluding hydrogens is 743 g/mol. The number of rotatable bonds is 21. The number of aromatic nitrogens is 4. The first kappa shape index (κ1) is 42.3. The molecule has 288 valence electrons. The number of nitrogens with one attached hydrogen (secondary N) is 5. The van der Waals surface area contributed by atoms with Gasteiger partial charge in [-0.2, -0.15) is 4.98 Å². The van der Waals surface area contributed by atoms with Crippen LogP contribution in [0.2, 0.25) is 0 Å². The predicted molar refractivity (Wildman–Crippen MR) is 191 cm³/mol. The molecule has 0 bridgehead atoms. The molecule has 21 nitrogen and oxygen atoms in total. The number of carbonyl (C=O) groups excluding carboxylic acids is 3. The van der Waals surface area contributed by atoms with E-state index in [1.807, 2.05) is 6.92 Å². The number of hydrogen-bond donors (Lipinski definition) is 12. The molecule has 0 saturated carbocycles. The molecule has 0 saturated heterocycles. The van der Waals surface area contributed by atoms with Crippen molar-refractivity contribution in [1.82, 2.24) is 35.9 Å². The highest BCUT2D eigenvalue weighted by Crippen LogP contribution is 2.21. The van der Waals surface area contributed by atoms with Crippen LogP contribution in [0.15, 0.2) is 35.3 Å². The summed E-state index contributed by atoms with van der Waals surface area (Å²) in [7, 11) is 2.46. The van der Waals surface area contributed by atoms with Crippen LogP contribution in [0.3, 0.4) is 0 Å². The second-order valence-electron chi connectivity index (χ2n) is 11.2. The lowest BCUT2D eigenvalue weighted by Gasteiger charge is -2.29. The molecule has 23 heteroatoms. The lowest BCUT2D eigenvalue weighted by molar-refractivity contribution is -0.144. The second-order valence-corrected chi connectivity index (χ2v) is 14.0. The Hall–Kier alpha value is -5.07. The third-order valence-corrected chi connectivity index (χ3v) is 9.78. The van der Waals surface area contributed by atoms with Crippen molar-refractivity contribution in [3.63, 3.8) is 0 Å². The number of nitrogen functional groups attached to an aromatic ring is 1. The van der Waals surface area contributed by atoms with Gasteiger partial charge in [0.2, 0.25) is 17.8 Å². The van der Waals surface area contributed by atoms with Gasteiger partial charge in [-0.05, 0) is 30.7 Å². The van der Waals surface area contributed by atoms with Crippen LogP contribution in [-0.2, 0) is 25.7 Å². The molecule has 3 rings (SSSR count). The quantitative estimate of drug-likeness (QED) is 0.0389. The van der Waals surface area contributed by atoms with Gasteiger partial charge in [-0.25, -0.2) is 19.6 Å². The van der Waals surface area contributed by atoms with Crippen LogP contribution in [0.5, 0.6) is 0 Å². The van der Waals surface area contributed by atoms with Crippen LogP contribution in [0, 0.1) is 0 Å². The molecule has 6 atom stereocenters. The van der Waals surface area contributed by atoms with E-state index in [1.54, 1.807) is 0 Å². The average molecular weight is 782 g/mol. The molecule has 0 aliphatic rings. The summed E-state index contributed by atoms with van der Waals surface area (Å²) in [5.74, 6) is -5.57. The van der Waals surface area contributed by atoms with Crippen LogP contribution in [-0.4, -0.2) is 135 Å². The first-order valence-corrected chi connectivity index (χ1v) is 18.2. The van der Waals surface area contributed by atoms with Crippen molar-refractivity contribution in [1.29, 1.82) is 0 Å². The van der Waals surface area contributed by atoms with Gasteiger partial charge in [0.1, 0.15) is 36.4 Å². The standard InChI is InChI=1S/C30H39N9O12S2/c1-2-52-53-12-17(29(50)51)36-26(46)20(23(44)22(43)18(41)11-40)37-19(42)8-7-16(28(48)49)35-25(45)13-3-5-14(6-4-13)32-9-15-10-33-24-21(34-15)27(47)39-30(31)38-24/h3-6,10,16-18,20,22-23,32,40-41,43-44H,2,7-9,11-12H2,1H3,(H,35,45)(H,36,46)(H,37,42)(H,48,49)(H,50,51)(H3,31,33,38,39,47)/t16-,17-,18+,20-,22+,23+/m0/s1. The van der Waals surface area contributed by atoms with Gasteiger partial charge in [0.05, 0.1) is 25.0 Å². The molecule has 0 radical (unpaired) electrons. The van der Waals surface area contributed by atoms with Crippen molar-refractivity contribution in [3.8, 4) is 0 Å². The van der Waals surface area contributed by atoms with E-state index in [-0.39, 0.29) is 35.0 Å². The Labute approximate surface area is 308 Å². The Morgan fingerprint density at radius 3 is 2.23 bits per heavy atom. The summed E-state index contributed by atoms with van der Waals surface area (Å²) < 4.78 is 0. The fourth-order valence-corrected chi connectivity index (χ4v) is 6.30. The minimum absolute atomic E-state index is 0.00352. The Bertz CT molecular complexity index is 1820. The van der Waals surface area contributed by atoms with Gasteiger partial charge < -0.3 is 57.6 Å². The van der Waals surface area contributed by atoms with E-state index in [0.717, 1.165) is 10.8 Å². The molecule has 53 heavy (non-hydrogen) atoms. The number of carboxylic acid groups (broad SMARTS) is 2. The highest BCUT2D eigenvalue weighted by Gasteiger charge is 2.38. The third kappa shape index (κ3) is 12.5. The van der Waals surface area contributed by atoms with Gasteiger partial charge in [0.15, 0.2) is 11.2 Å². The summed E-state index contributed by atoms with van der Waals surface area (Å²) in [6.07, 6.45) is -6.06. The Morgan fingerprint density at radius 1 is 0.925 bits per heavy atom. The van der Waals surface area contributed by atoms with Gasteiger partial charge in [-0.1, -0.05) is 28.5 Å². The number of carboxylic acids is 2. The zero-order valence-electron chi connectivity index (χ0n) is 28.0. The highest BCUT2D eigenvalue weighted by atomic mass is 33.1. The van der Waals surface area contributed by atoms with Crippen molar-refractivity contribution in [2.24, 2.45) is 0 Å². The molecule has 1 aromatic carbocycles. The van der Waals surface area contributed by atoms with E-state index in [9.17, 15) is 54.3 Å². The number of aliphatic hydroxyl groups is 4. The molecule has 0 aliphatic carbocycles. The van der Waals surface area contributed by atoms with E-state index in [0.29, 0.717) is 17.1 Å². The van der Waals surface area contributed by atoms with Gasteiger partial charge in [0.25, 0.3) is 11.5 Å². The van der Waals surface area contributed by atoms with Crippen LogP contribution in [0.25, 0.3) is 11.2 Å². The molecule has 2 aromatic heterocycles. The number of nitrogens with two attached hydrogens (primary N) is 1. The number of hydrogen-bond acceptors (Lipinski definition) is 17. The largest absolute Gasteiger partial charge is 0.480 e. The molecule has 0 aliphatic heterocycles. The molecular formula is C30H39N9O12S2. The number of aromatic amines is 1. The molecule has 3 aromatic rings. The fourth-order valence-electron chi connectivity index (χ4n) is 4.48. The summed E-state index contributed by atoms with van der Waals surface area (Å²) in [4.78, 5) is 89.1. The third-order valence-electron chi connectivity index (χ3n) is 7.29. The Kier molecular flexibility index (Phi) is 16.2. The highest BCUT2D eigenvalue weighted by molar-refractivity contribution is 8.76.